The van der Waals surface area contributed by atoms with Crippen molar-refractivity contribution >= 4 is 21.8 Å². The van der Waals surface area contributed by atoms with Gasteiger partial charge in [0.15, 0.2) is 10.7 Å². The molecule has 30 heavy (non-hydrogen) atoms. The van der Waals surface area contributed by atoms with Crippen molar-refractivity contribution in [1.82, 2.24) is 14.7 Å². The van der Waals surface area contributed by atoms with E-state index in [4.69, 9.17) is 4.74 Å². The third kappa shape index (κ3) is 4.72. The van der Waals surface area contributed by atoms with Crippen molar-refractivity contribution in [1.29, 1.82) is 0 Å². The summed E-state index contributed by atoms with van der Waals surface area (Å²) >= 11 is 0. The van der Waals surface area contributed by atoms with E-state index in [1.807, 2.05) is 20.8 Å². The van der Waals surface area contributed by atoms with Gasteiger partial charge in [-0.15, -0.1) is 0 Å². The first-order valence-corrected chi connectivity index (χ1v) is 11.4. The molecule has 0 fully saturated rings. The van der Waals surface area contributed by atoms with Crippen LogP contribution in [0.3, 0.4) is 0 Å². The molecule has 1 amide bonds. The summed E-state index contributed by atoms with van der Waals surface area (Å²) in [7, 11) is -4.03. The van der Waals surface area contributed by atoms with E-state index in [0.717, 1.165) is 16.3 Å². The Labute approximate surface area is 177 Å². The summed E-state index contributed by atoms with van der Waals surface area (Å²) in [6, 6.07) is 7.00. The van der Waals surface area contributed by atoms with E-state index in [1.54, 1.807) is 32.9 Å². The van der Waals surface area contributed by atoms with Crippen LogP contribution in [0.15, 0.2) is 40.3 Å². The lowest BCUT2D eigenvalue weighted by molar-refractivity contribution is 0.0512. The lowest BCUT2D eigenvalue weighted by Gasteiger charge is -2.19. The highest BCUT2D eigenvalue weighted by molar-refractivity contribution is 7.91. The number of hydrogen-bond donors (Lipinski definition) is 0. The van der Waals surface area contributed by atoms with Crippen LogP contribution in [0.5, 0.6) is 0 Å². The van der Waals surface area contributed by atoms with Crippen LogP contribution in [0.1, 0.15) is 57.6 Å². The zero-order valence-electron chi connectivity index (χ0n) is 18.3. The molecule has 0 aliphatic carbocycles. The molecule has 2 rings (SSSR count). The fourth-order valence-electron chi connectivity index (χ4n) is 2.87. The molecule has 0 spiro atoms. The second kappa shape index (κ2) is 8.99. The normalized spacial score (nSPS) is 11.9. The Balaban J connectivity index is 2.56. The van der Waals surface area contributed by atoms with Crippen LogP contribution >= 0.6 is 0 Å². The van der Waals surface area contributed by atoms with E-state index in [1.165, 1.54) is 17.0 Å². The largest absolute Gasteiger partial charge is 0.461 e. The molecule has 8 nitrogen and oxygen atoms in total. The van der Waals surface area contributed by atoms with Crippen LogP contribution in [0.2, 0.25) is 0 Å². The summed E-state index contributed by atoms with van der Waals surface area (Å²) in [6.07, 6.45) is 0. The summed E-state index contributed by atoms with van der Waals surface area (Å²) in [4.78, 5) is 26.6. The third-order valence-electron chi connectivity index (χ3n) is 4.69. The maximum Gasteiger partial charge on any atom is 0.357 e. The monoisotopic (exact) mass is 435 g/mol. The van der Waals surface area contributed by atoms with Crippen molar-refractivity contribution in [2.24, 2.45) is 0 Å². The van der Waals surface area contributed by atoms with Gasteiger partial charge in [0.05, 0.1) is 11.5 Å². The summed E-state index contributed by atoms with van der Waals surface area (Å²) in [5.41, 5.74) is 0.631. The molecule has 1 aromatic heterocycles. The number of amides is 1. The van der Waals surface area contributed by atoms with Crippen LogP contribution in [-0.2, 0) is 20.0 Å². The number of sulfone groups is 1. The zero-order valence-corrected chi connectivity index (χ0v) is 19.1. The number of carbonyl (C=O) groups is 2. The Bertz CT molecular complexity index is 1010. The van der Waals surface area contributed by atoms with Gasteiger partial charge in [0.2, 0.25) is 9.84 Å². The molecular weight excluding hydrogens is 406 g/mol. The Morgan fingerprint density at radius 2 is 1.63 bits per heavy atom. The first kappa shape index (κ1) is 23.6. The number of ether oxygens (including phenoxy) is 1. The van der Waals surface area contributed by atoms with E-state index in [-0.39, 0.29) is 27.6 Å². The predicted molar refractivity (Wildman–Crippen MR) is 112 cm³/mol. The summed E-state index contributed by atoms with van der Waals surface area (Å²) in [5.74, 6) is -0.810. The molecular formula is C21H29N3O5S. The topological polar surface area (TPSA) is 98.6 Å². The van der Waals surface area contributed by atoms with Crippen molar-refractivity contribution in [2.75, 3.05) is 19.7 Å². The number of esters is 1. The molecule has 0 bridgehead atoms. The molecule has 2 aromatic rings. The highest BCUT2D eigenvalue weighted by atomic mass is 32.2. The molecule has 0 unspecified atom stereocenters. The van der Waals surface area contributed by atoms with Crippen molar-refractivity contribution in [3.63, 3.8) is 0 Å². The minimum atomic E-state index is -4.03. The van der Waals surface area contributed by atoms with E-state index >= 15 is 0 Å². The molecule has 0 saturated heterocycles. The average molecular weight is 436 g/mol. The van der Waals surface area contributed by atoms with Gasteiger partial charge in [-0.1, -0.05) is 32.9 Å². The summed E-state index contributed by atoms with van der Waals surface area (Å²) < 4.78 is 32.0. The molecule has 0 saturated carbocycles. The Kier molecular flexibility index (Phi) is 7.07. The predicted octanol–water partition coefficient (Wildman–Crippen LogP) is 3.50. The second-order valence-corrected chi connectivity index (χ2v) is 9.63. The summed E-state index contributed by atoms with van der Waals surface area (Å²) in [6.45, 7) is 12.1. The van der Waals surface area contributed by atoms with Gasteiger partial charge in [-0.2, -0.15) is 9.78 Å². The first-order valence-electron chi connectivity index (χ1n) is 9.89. The number of rotatable bonds is 6. The van der Waals surface area contributed by atoms with Crippen molar-refractivity contribution in [3.8, 4) is 0 Å². The van der Waals surface area contributed by atoms with E-state index in [9.17, 15) is 18.0 Å². The van der Waals surface area contributed by atoms with Gasteiger partial charge < -0.3 is 9.64 Å². The molecule has 0 atom stereocenters. The van der Waals surface area contributed by atoms with Gasteiger partial charge in [-0.05, 0) is 43.9 Å². The molecule has 9 heteroatoms. The SMILES string of the molecule is CCOC(=O)c1cc(S(=O)(=O)c2ccc(C(C)(C)C)cc2)nn1C(=O)N(CC)CC. The van der Waals surface area contributed by atoms with Crippen molar-refractivity contribution in [3.05, 3.63) is 41.6 Å². The quantitative estimate of drug-likeness (QED) is 0.644. The lowest BCUT2D eigenvalue weighted by Crippen LogP contribution is -2.36. The Morgan fingerprint density at radius 3 is 2.10 bits per heavy atom. The highest BCUT2D eigenvalue weighted by Crippen LogP contribution is 2.26. The second-order valence-electron chi connectivity index (χ2n) is 7.73. The molecule has 1 aromatic carbocycles. The van der Waals surface area contributed by atoms with Gasteiger partial charge in [0.25, 0.3) is 0 Å². The van der Waals surface area contributed by atoms with Crippen LogP contribution in [0, 0.1) is 0 Å². The maximum atomic E-state index is 13.1. The van der Waals surface area contributed by atoms with Gasteiger partial charge in [-0.3, -0.25) is 0 Å². The number of benzene rings is 1. The number of aromatic nitrogens is 2. The van der Waals surface area contributed by atoms with Crippen LogP contribution in [-0.4, -0.2) is 54.8 Å². The molecule has 0 aliphatic rings. The number of carbonyl (C=O) groups excluding carboxylic acids is 2. The fourth-order valence-corrected chi connectivity index (χ4v) is 4.06. The fraction of sp³-hybridized carbons (Fsp3) is 0.476. The van der Waals surface area contributed by atoms with E-state index < -0.39 is 21.8 Å². The number of nitrogens with zero attached hydrogens (tertiary/aromatic N) is 3. The standard InChI is InChI=1S/C21H29N3O5S/c1-7-23(8-2)20(26)24-17(19(25)29-9-3)14-18(22-24)30(27,28)16-12-10-15(11-13-16)21(4,5)6/h10-14H,7-9H2,1-6H3. The molecule has 1 heterocycles. The van der Waals surface area contributed by atoms with Crippen LogP contribution in [0.4, 0.5) is 4.79 Å². The maximum absolute atomic E-state index is 13.1. The van der Waals surface area contributed by atoms with Crippen molar-refractivity contribution < 1.29 is 22.7 Å². The minimum Gasteiger partial charge on any atom is -0.461 e. The Morgan fingerprint density at radius 1 is 1.07 bits per heavy atom. The van der Waals surface area contributed by atoms with Crippen LogP contribution < -0.4 is 0 Å². The van der Waals surface area contributed by atoms with E-state index in [0.29, 0.717) is 13.1 Å². The van der Waals surface area contributed by atoms with Gasteiger partial charge in [0.1, 0.15) is 0 Å². The summed E-state index contributed by atoms with van der Waals surface area (Å²) in [5, 5.41) is 3.61. The lowest BCUT2D eigenvalue weighted by atomic mass is 9.87. The van der Waals surface area contributed by atoms with Gasteiger partial charge in [-0.25, -0.2) is 18.0 Å². The third-order valence-corrected chi connectivity index (χ3v) is 6.34. The van der Waals surface area contributed by atoms with Gasteiger partial charge >= 0.3 is 12.0 Å². The molecule has 0 aliphatic heterocycles. The van der Waals surface area contributed by atoms with Gasteiger partial charge in [0, 0.05) is 19.2 Å². The van der Waals surface area contributed by atoms with Crippen LogP contribution in [0.25, 0.3) is 0 Å². The molecule has 164 valence electrons. The van der Waals surface area contributed by atoms with E-state index in [2.05, 4.69) is 5.10 Å². The van der Waals surface area contributed by atoms with Crippen molar-refractivity contribution in [2.45, 2.75) is 56.9 Å². The molecule has 0 radical (unpaired) electrons. The Hall–Kier alpha value is -2.68. The highest BCUT2D eigenvalue weighted by Gasteiger charge is 2.30. The number of hydrogen-bond acceptors (Lipinski definition) is 6. The molecule has 0 N–H and O–H groups in total. The average Bonchev–Trinajstić information content (AvgIpc) is 3.15. The minimum absolute atomic E-state index is 0.0332. The smallest absolute Gasteiger partial charge is 0.357 e. The zero-order chi connectivity index (χ0) is 22.7. The first-order chi connectivity index (χ1) is 14.0.